The average molecular weight is 318 g/mol. The van der Waals surface area contributed by atoms with Gasteiger partial charge in [-0.25, -0.2) is 4.79 Å². The van der Waals surface area contributed by atoms with Crippen LogP contribution >= 0.6 is 0 Å². The molecule has 1 fully saturated rings. The predicted molar refractivity (Wildman–Crippen MR) is 88.9 cm³/mol. The zero-order valence-electron chi connectivity index (χ0n) is 14.2. The van der Waals surface area contributed by atoms with Gasteiger partial charge >= 0.3 is 6.03 Å². The summed E-state index contributed by atoms with van der Waals surface area (Å²) in [5, 5.41) is 3.12. The quantitative estimate of drug-likeness (QED) is 0.930. The van der Waals surface area contributed by atoms with E-state index < -0.39 is 0 Å². The zero-order chi connectivity index (χ0) is 16.4. The molecule has 1 N–H and O–H groups in total. The molecule has 5 nitrogen and oxygen atoms in total. The molecule has 0 aliphatic carbocycles. The first-order valence-electron chi connectivity index (χ1n) is 8.53. The highest BCUT2D eigenvalue weighted by Crippen LogP contribution is 2.32. The SMILES string of the molecule is CC(NC(=O)N1CCCC1C(C)C)c1ccc2c(c1)OCCO2. The molecule has 0 aromatic heterocycles. The van der Waals surface area contributed by atoms with E-state index in [2.05, 4.69) is 19.2 Å². The molecule has 2 aliphatic rings. The molecule has 1 aromatic rings. The van der Waals surface area contributed by atoms with E-state index in [9.17, 15) is 4.79 Å². The van der Waals surface area contributed by atoms with Crippen molar-refractivity contribution in [3.05, 3.63) is 23.8 Å². The standard InChI is InChI=1S/C18H26N2O3/c1-12(2)15-5-4-8-20(15)18(21)19-13(3)14-6-7-16-17(11-14)23-10-9-22-16/h6-7,11-13,15H,4-5,8-10H2,1-3H3,(H,19,21). The van der Waals surface area contributed by atoms with E-state index in [0.29, 0.717) is 25.2 Å². The van der Waals surface area contributed by atoms with Gasteiger partial charge in [0.15, 0.2) is 11.5 Å². The lowest BCUT2D eigenvalue weighted by Gasteiger charge is -2.29. The number of amides is 2. The van der Waals surface area contributed by atoms with Crippen molar-refractivity contribution >= 4 is 6.03 Å². The minimum absolute atomic E-state index is 0.0311. The lowest BCUT2D eigenvalue weighted by molar-refractivity contribution is 0.170. The molecule has 2 atom stereocenters. The van der Waals surface area contributed by atoms with Crippen molar-refractivity contribution in [2.45, 2.75) is 45.7 Å². The Bertz CT molecular complexity index is 573. The number of carbonyl (C=O) groups excluding carboxylic acids is 1. The molecule has 0 radical (unpaired) electrons. The van der Waals surface area contributed by atoms with Crippen LogP contribution in [0.1, 0.15) is 45.2 Å². The fourth-order valence-corrected chi connectivity index (χ4v) is 3.42. The lowest BCUT2D eigenvalue weighted by Crippen LogP contribution is -2.45. The number of rotatable bonds is 3. The maximum Gasteiger partial charge on any atom is 0.318 e. The number of hydrogen-bond donors (Lipinski definition) is 1. The van der Waals surface area contributed by atoms with E-state index in [-0.39, 0.29) is 12.1 Å². The Balaban J connectivity index is 1.66. The van der Waals surface area contributed by atoms with Crippen LogP contribution in [0.5, 0.6) is 11.5 Å². The van der Waals surface area contributed by atoms with Gasteiger partial charge in [0.25, 0.3) is 0 Å². The summed E-state index contributed by atoms with van der Waals surface area (Å²) in [6.45, 7) is 8.37. The van der Waals surface area contributed by atoms with Crippen LogP contribution < -0.4 is 14.8 Å². The molecule has 2 aliphatic heterocycles. The largest absolute Gasteiger partial charge is 0.486 e. The van der Waals surface area contributed by atoms with Gasteiger partial charge < -0.3 is 19.7 Å². The van der Waals surface area contributed by atoms with Gasteiger partial charge in [-0.05, 0) is 43.4 Å². The number of nitrogens with one attached hydrogen (secondary N) is 1. The Morgan fingerprint density at radius 3 is 2.70 bits per heavy atom. The van der Waals surface area contributed by atoms with Crippen LogP contribution in [0.2, 0.25) is 0 Å². The maximum absolute atomic E-state index is 12.6. The van der Waals surface area contributed by atoms with Crippen molar-refractivity contribution < 1.29 is 14.3 Å². The first-order valence-corrected chi connectivity index (χ1v) is 8.53. The van der Waals surface area contributed by atoms with Gasteiger partial charge in [0.2, 0.25) is 0 Å². The second-order valence-corrected chi connectivity index (χ2v) is 6.72. The van der Waals surface area contributed by atoms with Crippen molar-refractivity contribution in [1.29, 1.82) is 0 Å². The average Bonchev–Trinajstić information content (AvgIpc) is 3.04. The van der Waals surface area contributed by atoms with Crippen LogP contribution in [-0.2, 0) is 0 Å². The number of urea groups is 1. The van der Waals surface area contributed by atoms with Gasteiger partial charge in [0.05, 0.1) is 6.04 Å². The summed E-state index contributed by atoms with van der Waals surface area (Å²) in [6.07, 6.45) is 2.19. The van der Waals surface area contributed by atoms with Gasteiger partial charge in [0, 0.05) is 12.6 Å². The predicted octanol–water partition coefficient (Wildman–Crippen LogP) is 3.35. The second kappa shape index (κ2) is 6.69. The third kappa shape index (κ3) is 3.38. The monoisotopic (exact) mass is 318 g/mol. The van der Waals surface area contributed by atoms with Gasteiger partial charge in [-0.3, -0.25) is 0 Å². The normalized spacial score (nSPS) is 21.4. The van der Waals surface area contributed by atoms with E-state index in [1.54, 1.807) is 0 Å². The highest BCUT2D eigenvalue weighted by Gasteiger charge is 2.31. The van der Waals surface area contributed by atoms with Crippen LogP contribution in [-0.4, -0.2) is 36.7 Å². The number of carbonyl (C=O) groups is 1. The summed E-state index contributed by atoms with van der Waals surface area (Å²) in [7, 11) is 0. The topological polar surface area (TPSA) is 50.8 Å². The number of hydrogen-bond acceptors (Lipinski definition) is 3. The summed E-state index contributed by atoms with van der Waals surface area (Å²) >= 11 is 0. The van der Waals surface area contributed by atoms with Crippen molar-refractivity contribution in [2.75, 3.05) is 19.8 Å². The summed E-state index contributed by atoms with van der Waals surface area (Å²) < 4.78 is 11.2. The molecule has 2 amide bonds. The highest BCUT2D eigenvalue weighted by atomic mass is 16.6. The number of nitrogens with zero attached hydrogens (tertiary/aromatic N) is 1. The van der Waals surface area contributed by atoms with Gasteiger partial charge in [-0.1, -0.05) is 19.9 Å². The summed E-state index contributed by atoms with van der Waals surface area (Å²) in [4.78, 5) is 14.6. The fourth-order valence-electron chi connectivity index (χ4n) is 3.42. The highest BCUT2D eigenvalue weighted by molar-refractivity contribution is 5.75. The molecule has 1 saturated heterocycles. The Morgan fingerprint density at radius 2 is 1.96 bits per heavy atom. The molecule has 3 rings (SSSR count). The second-order valence-electron chi connectivity index (χ2n) is 6.72. The van der Waals surface area contributed by atoms with E-state index in [4.69, 9.17) is 9.47 Å². The van der Waals surface area contributed by atoms with Gasteiger partial charge in [-0.15, -0.1) is 0 Å². The van der Waals surface area contributed by atoms with Gasteiger partial charge in [-0.2, -0.15) is 0 Å². The van der Waals surface area contributed by atoms with E-state index in [0.717, 1.165) is 36.4 Å². The molecule has 2 unspecified atom stereocenters. The maximum atomic E-state index is 12.6. The minimum Gasteiger partial charge on any atom is -0.486 e. The summed E-state index contributed by atoms with van der Waals surface area (Å²) in [6, 6.07) is 6.18. The Labute approximate surface area is 137 Å². The first-order chi connectivity index (χ1) is 11.1. The van der Waals surface area contributed by atoms with Gasteiger partial charge in [0.1, 0.15) is 13.2 Å². The number of ether oxygens (including phenoxy) is 2. The third-order valence-electron chi connectivity index (χ3n) is 4.74. The number of fused-ring (bicyclic) bond motifs is 1. The van der Waals surface area contributed by atoms with Crippen molar-refractivity contribution in [1.82, 2.24) is 10.2 Å². The van der Waals surface area contributed by atoms with Crippen LogP contribution in [0.25, 0.3) is 0 Å². The Kier molecular flexibility index (Phi) is 4.64. The molecule has 126 valence electrons. The van der Waals surface area contributed by atoms with E-state index in [1.165, 1.54) is 0 Å². The van der Waals surface area contributed by atoms with E-state index >= 15 is 0 Å². The van der Waals surface area contributed by atoms with Crippen molar-refractivity contribution in [3.8, 4) is 11.5 Å². The molecular weight excluding hydrogens is 292 g/mol. The molecular formula is C18H26N2O3. The van der Waals surface area contributed by atoms with Crippen LogP contribution in [0.4, 0.5) is 4.79 Å². The summed E-state index contributed by atoms with van der Waals surface area (Å²) in [5.41, 5.74) is 1.03. The number of benzene rings is 1. The lowest BCUT2D eigenvalue weighted by atomic mass is 10.0. The zero-order valence-corrected chi connectivity index (χ0v) is 14.2. The molecule has 2 heterocycles. The van der Waals surface area contributed by atoms with Crippen molar-refractivity contribution in [2.24, 2.45) is 5.92 Å². The number of likely N-dealkylation sites (tertiary alicyclic amines) is 1. The molecule has 1 aromatic carbocycles. The molecule has 0 bridgehead atoms. The fraction of sp³-hybridized carbons (Fsp3) is 0.611. The molecule has 23 heavy (non-hydrogen) atoms. The smallest absolute Gasteiger partial charge is 0.318 e. The Hall–Kier alpha value is -1.91. The van der Waals surface area contributed by atoms with E-state index in [1.807, 2.05) is 30.0 Å². The van der Waals surface area contributed by atoms with Crippen LogP contribution in [0, 0.1) is 5.92 Å². The first kappa shape index (κ1) is 16.0. The van der Waals surface area contributed by atoms with Crippen LogP contribution in [0.15, 0.2) is 18.2 Å². The summed E-state index contributed by atoms with van der Waals surface area (Å²) in [5.74, 6) is 2.03. The van der Waals surface area contributed by atoms with Crippen molar-refractivity contribution in [3.63, 3.8) is 0 Å². The molecule has 0 saturated carbocycles. The molecule has 0 spiro atoms. The third-order valence-corrected chi connectivity index (χ3v) is 4.74. The van der Waals surface area contributed by atoms with Crippen LogP contribution in [0.3, 0.4) is 0 Å². The Morgan fingerprint density at radius 1 is 1.22 bits per heavy atom. The minimum atomic E-state index is -0.0632. The molecule has 5 heteroatoms.